The quantitative estimate of drug-likeness (QED) is 0.377. The molecule has 0 rings (SSSR count). The number of hydrogen-bond acceptors (Lipinski definition) is 2. The van der Waals surface area contributed by atoms with E-state index in [1.165, 1.54) is 13.8 Å². The van der Waals surface area contributed by atoms with E-state index >= 15 is 0 Å². The summed E-state index contributed by atoms with van der Waals surface area (Å²) in [6, 6.07) is 0. The van der Waals surface area contributed by atoms with Crippen LogP contribution in [-0.4, -0.2) is 11.6 Å². The van der Waals surface area contributed by atoms with Gasteiger partial charge in [-0.3, -0.25) is 9.59 Å². The summed E-state index contributed by atoms with van der Waals surface area (Å²) in [6.45, 7) is 2.81. The second-order valence-corrected chi connectivity index (χ2v) is 1.58. The standard InChI is InChI=1S/C5H8O2/c1-4(6)3-5(2)7/h3H2,1-2H3/i1+1,2+1. The van der Waals surface area contributed by atoms with Gasteiger partial charge in [0.05, 0.1) is 6.42 Å². The zero-order chi connectivity index (χ0) is 5.86. The van der Waals surface area contributed by atoms with Gasteiger partial charge in [-0.1, -0.05) is 0 Å². The van der Waals surface area contributed by atoms with E-state index in [2.05, 4.69) is 0 Å². The highest BCUT2D eigenvalue weighted by Crippen LogP contribution is 1.80. The fraction of sp³-hybridized carbons (Fsp3) is 0.600. The summed E-state index contributed by atoms with van der Waals surface area (Å²) in [4.78, 5) is 20.1. The molecule has 0 aromatic rings. The first-order valence-corrected chi connectivity index (χ1v) is 2.12. The molecule has 2 heteroatoms. The minimum atomic E-state index is -0.0625. The summed E-state index contributed by atoms with van der Waals surface area (Å²) < 4.78 is 0. The van der Waals surface area contributed by atoms with Crippen LogP contribution in [0.2, 0.25) is 0 Å². The summed E-state index contributed by atoms with van der Waals surface area (Å²) in [5, 5.41) is 0. The summed E-state index contributed by atoms with van der Waals surface area (Å²) >= 11 is 0. The van der Waals surface area contributed by atoms with Gasteiger partial charge in [-0.15, -0.1) is 0 Å². The van der Waals surface area contributed by atoms with Gasteiger partial charge in [-0.2, -0.15) is 0 Å². The van der Waals surface area contributed by atoms with Gasteiger partial charge in [0.15, 0.2) is 0 Å². The first-order chi connectivity index (χ1) is 3.13. The van der Waals surface area contributed by atoms with Crippen LogP contribution < -0.4 is 0 Å². The molecule has 0 aliphatic heterocycles. The van der Waals surface area contributed by atoms with Crippen LogP contribution in [0.1, 0.15) is 20.3 Å². The minimum absolute atomic E-state index is 0.0625. The predicted octanol–water partition coefficient (Wildman–Crippen LogP) is 0.554. The van der Waals surface area contributed by atoms with Crippen molar-refractivity contribution in [3.63, 3.8) is 0 Å². The maximum atomic E-state index is 10.0. The largest absolute Gasteiger partial charge is 0.300 e. The third-order valence-corrected chi connectivity index (χ3v) is 0.498. The smallest absolute Gasteiger partial charge is 0.137 e. The molecule has 0 amide bonds. The van der Waals surface area contributed by atoms with Gasteiger partial charge in [-0.05, 0) is 13.8 Å². The van der Waals surface area contributed by atoms with Crippen molar-refractivity contribution in [3.8, 4) is 0 Å². The van der Waals surface area contributed by atoms with Gasteiger partial charge in [0.2, 0.25) is 0 Å². The van der Waals surface area contributed by atoms with Gasteiger partial charge < -0.3 is 0 Å². The number of Topliss-reactive ketones (excluding diaryl/α,β-unsaturated/α-hetero) is 2. The molecule has 0 saturated carbocycles. The Kier molecular flexibility index (Phi) is 2.27. The van der Waals surface area contributed by atoms with Crippen molar-refractivity contribution in [1.29, 1.82) is 0 Å². The van der Waals surface area contributed by atoms with Crippen LogP contribution in [-0.2, 0) is 9.59 Å². The molecule has 0 aromatic carbocycles. The Hall–Kier alpha value is -0.660. The number of ketones is 2. The number of rotatable bonds is 2. The third-order valence-electron chi connectivity index (χ3n) is 0.498. The Morgan fingerprint density at radius 2 is 1.43 bits per heavy atom. The van der Waals surface area contributed by atoms with Gasteiger partial charge in [-0.25, -0.2) is 0 Å². The highest BCUT2D eigenvalue weighted by Gasteiger charge is 1.94. The average Bonchev–Trinajstić information content (AvgIpc) is 1.27. The van der Waals surface area contributed by atoms with E-state index in [1.54, 1.807) is 0 Å². The van der Waals surface area contributed by atoms with Crippen molar-refractivity contribution in [2.45, 2.75) is 20.3 Å². The number of hydrogen-bond donors (Lipinski definition) is 0. The molecular weight excluding hydrogens is 94.0 g/mol. The molecule has 40 valence electrons. The maximum absolute atomic E-state index is 10.0. The molecular formula is C5H8O2. The number of carbonyl (C=O) groups is 2. The van der Waals surface area contributed by atoms with Gasteiger partial charge >= 0.3 is 0 Å². The Morgan fingerprint density at radius 3 is 1.43 bits per heavy atom. The Balaban J connectivity index is 3.32. The fourth-order valence-corrected chi connectivity index (χ4v) is 0.351. The molecule has 0 N–H and O–H groups in total. The molecule has 0 heterocycles. The molecule has 0 fully saturated rings. The van der Waals surface area contributed by atoms with Crippen LogP contribution >= 0.6 is 0 Å². The Morgan fingerprint density at radius 1 is 1.14 bits per heavy atom. The van der Waals surface area contributed by atoms with Crippen LogP contribution in [0.15, 0.2) is 0 Å². The molecule has 0 aliphatic rings. The van der Waals surface area contributed by atoms with E-state index in [0.29, 0.717) is 0 Å². The van der Waals surface area contributed by atoms with Crippen LogP contribution in [0.5, 0.6) is 0 Å². The average molecular weight is 102 g/mol. The molecule has 0 unspecified atom stereocenters. The van der Waals surface area contributed by atoms with E-state index in [0.717, 1.165) is 0 Å². The minimum Gasteiger partial charge on any atom is -0.300 e. The van der Waals surface area contributed by atoms with Crippen molar-refractivity contribution in [3.05, 3.63) is 0 Å². The molecule has 7 heavy (non-hydrogen) atoms. The number of carbonyl (C=O) groups excluding carboxylic acids is 2. The van der Waals surface area contributed by atoms with Crippen molar-refractivity contribution in [2.24, 2.45) is 0 Å². The maximum Gasteiger partial charge on any atom is 0.137 e. The molecule has 0 radical (unpaired) electrons. The van der Waals surface area contributed by atoms with E-state index in [1.807, 2.05) is 0 Å². The normalized spacial score (nSPS) is 8.29. The Labute approximate surface area is 42.5 Å². The molecule has 0 aliphatic carbocycles. The van der Waals surface area contributed by atoms with Crippen molar-refractivity contribution in [2.75, 3.05) is 0 Å². The van der Waals surface area contributed by atoms with Crippen LogP contribution in [0, 0.1) is 0 Å². The highest BCUT2D eigenvalue weighted by atomic mass is 16.2. The SMILES string of the molecule is [13CH3]C(=O)CC([13CH3])=O. The molecule has 0 atom stereocenters. The lowest BCUT2D eigenvalue weighted by molar-refractivity contribution is -0.124. The second kappa shape index (κ2) is 2.50. The predicted molar refractivity (Wildman–Crippen MR) is 26.0 cm³/mol. The van der Waals surface area contributed by atoms with E-state index in [-0.39, 0.29) is 18.0 Å². The lowest BCUT2D eigenvalue weighted by Crippen LogP contribution is -1.97. The summed E-state index contributed by atoms with van der Waals surface area (Å²) in [5.41, 5.74) is 0. The summed E-state index contributed by atoms with van der Waals surface area (Å²) in [7, 11) is 0. The van der Waals surface area contributed by atoms with Crippen molar-refractivity contribution < 1.29 is 9.59 Å². The van der Waals surface area contributed by atoms with Gasteiger partial charge in [0.1, 0.15) is 11.6 Å². The zero-order valence-corrected chi connectivity index (χ0v) is 4.52. The topological polar surface area (TPSA) is 34.1 Å². The molecule has 0 saturated heterocycles. The van der Waals surface area contributed by atoms with Gasteiger partial charge in [0.25, 0.3) is 0 Å². The van der Waals surface area contributed by atoms with Crippen LogP contribution in [0.3, 0.4) is 0 Å². The van der Waals surface area contributed by atoms with Crippen LogP contribution in [0.25, 0.3) is 0 Å². The van der Waals surface area contributed by atoms with E-state index in [9.17, 15) is 9.59 Å². The molecule has 0 spiro atoms. The summed E-state index contributed by atoms with van der Waals surface area (Å²) in [5.74, 6) is -0.125. The first kappa shape index (κ1) is 6.34. The fourth-order valence-electron chi connectivity index (χ4n) is 0.351. The molecule has 2 nitrogen and oxygen atoms in total. The monoisotopic (exact) mass is 102 g/mol. The van der Waals surface area contributed by atoms with E-state index < -0.39 is 0 Å². The second-order valence-electron chi connectivity index (χ2n) is 1.58. The van der Waals surface area contributed by atoms with Crippen molar-refractivity contribution >= 4 is 11.6 Å². The zero-order valence-electron chi connectivity index (χ0n) is 4.52. The molecule has 0 aromatic heterocycles. The summed E-state index contributed by atoms with van der Waals surface area (Å²) in [6.07, 6.45) is 0.0833. The van der Waals surface area contributed by atoms with Gasteiger partial charge in [0, 0.05) is 0 Å². The Bertz CT molecular complexity index is 82.3. The van der Waals surface area contributed by atoms with Crippen LogP contribution in [0.4, 0.5) is 0 Å². The third kappa shape index (κ3) is 5.34. The first-order valence-electron chi connectivity index (χ1n) is 2.12. The van der Waals surface area contributed by atoms with Crippen molar-refractivity contribution in [1.82, 2.24) is 0 Å². The highest BCUT2D eigenvalue weighted by molar-refractivity contribution is 5.96. The molecule has 0 bridgehead atoms. The van der Waals surface area contributed by atoms with E-state index in [4.69, 9.17) is 0 Å². The lowest BCUT2D eigenvalue weighted by atomic mass is 10.3. The lowest BCUT2D eigenvalue weighted by Gasteiger charge is -1.81.